The van der Waals surface area contributed by atoms with Crippen LogP contribution in [0.2, 0.25) is 0 Å². The van der Waals surface area contributed by atoms with E-state index in [2.05, 4.69) is 9.80 Å². The first-order valence-corrected chi connectivity index (χ1v) is 7.34. The number of carboxylic acids is 1. The van der Waals surface area contributed by atoms with Crippen molar-refractivity contribution in [1.82, 2.24) is 9.80 Å². The van der Waals surface area contributed by atoms with Crippen LogP contribution in [-0.2, 0) is 4.79 Å². The molecule has 4 heterocycles. The minimum atomic E-state index is -0.589. The number of fused-ring (bicyclic) bond motifs is 3. The van der Waals surface area contributed by atoms with E-state index < -0.39 is 11.4 Å². The lowest BCUT2D eigenvalue weighted by Crippen LogP contribution is -2.57. The van der Waals surface area contributed by atoms with Crippen LogP contribution in [-0.4, -0.2) is 59.6 Å². The number of likely N-dealkylation sites (tertiary alicyclic amines) is 1. The summed E-state index contributed by atoms with van der Waals surface area (Å²) in [5, 5.41) is 9.47. The third-order valence-corrected chi connectivity index (χ3v) is 5.60. The van der Waals surface area contributed by atoms with E-state index >= 15 is 0 Å². The van der Waals surface area contributed by atoms with Gasteiger partial charge in [-0.3, -0.25) is 9.69 Å². The second-order valence-electron chi connectivity index (χ2n) is 6.36. The molecule has 4 aliphatic heterocycles. The number of rotatable bonds is 3. The molecule has 0 saturated carbocycles. The van der Waals surface area contributed by atoms with Crippen LogP contribution in [0, 0.1) is 11.3 Å². The smallest absolute Gasteiger partial charge is 0.310 e. The maximum atomic E-state index is 11.5. The Labute approximate surface area is 109 Å². The number of piperidine rings is 3. The lowest BCUT2D eigenvalue weighted by Gasteiger charge is -2.48. The summed E-state index contributed by atoms with van der Waals surface area (Å²) in [6, 6.07) is 0.625. The maximum Gasteiger partial charge on any atom is 0.310 e. The van der Waals surface area contributed by atoms with Crippen LogP contribution in [0.4, 0.5) is 0 Å². The Kier molecular flexibility index (Phi) is 3.10. The second-order valence-corrected chi connectivity index (χ2v) is 6.36. The molecule has 2 unspecified atom stereocenters. The zero-order chi connectivity index (χ0) is 12.8. The predicted molar refractivity (Wildman–Crippen MR) is 69.5 cm³/mol. The Morgan fingerprint density at radius 3 is 2.50 bits per heavy atom. The first kappa shape index (κ1) is 12.4. The molecule has 0 aliphatic carbocycles. The highest BCUT2D eigenvalue weighted by atomic mass is 16.4. The van der Waals surface area contributed by atoms with E-state index in [4.69, 9.17) is 0 Å². The molecule has 102 valence electrons. The Bertz CT molecular complexity index is 339. The molecule has 1 N–H and O–H groups in total. The first-order valence-electron chi connectivity index (χ1n) is 7.34. The molecule has 2 bridgehead atoms. The number of nitrogens with zero attached hydrogens (tertiary/aromatic N) is 2. The fourth-order valence-corrected chi connectivity index (χ4v) is 4.15. The molecule has 4 rings (SSSR count). The number of carboxylic acid groups (broad SMARTS) is 1. The van der Waals surface area contributed by atoms with Gasteiger partial charge in [-0.05, 0) is 51.2 Å². The number of hydrogen-bond acceptors (Lipinski definition) is 3. The largest absolute Gasteiger partial charge is 0.481 e. The molecule has 0 spiro atoms. The zero-order valence-electron chi connectivity index (χ0n) is 11.3. The SMILES string of the molecule is CCC1(C(=O)O)CCN(C2CN3CCC2CC3)C1. The Hall–Kier alpha value is -0.610. The molecule has 0 amide bonds. The molecule has 0 radical (unpaired) electrons. The monoisotopic (exact) mass is 252 g/mol. The van der Waals surface area contributed by atoms with Crippen LogP contribution in [0.5, 0.6) is 0 Å². The van der Waals surface area contributed by atoms with Crippen molar-refractivity contribution in [2.45, 2.75) is 38.6 Å². The number of carbonyl (C=O) groups is 1. The third-order valence-electron chi connectivity index (χ3n) is 5.60. The summed E-state index contributed by atoms with van der Waals surface area (Å²) in [5.74, 6) is 0.227. The summed E-state index contributed by atoms with van der Waals surface area (Å²) in [5.41, 5.74) is -0.466. The fourth-order valence-electron chi connectivity index (χ4n) is 4.15. The van der Waals surface area contributed by atoms with Gasteiger partial charge in [-0.1, -0.05) is 6.92 Å². The van der Waals surface area contributed by atoms with Crippen molar-refractivity contribution < 1.29 is 9.90 Å². The van der Waals surface area contributed by atoms with Crippen LogP contribution < -0.4 is 0 Å². The van der Waals surface area contributed by atoms with Gasteiger partial charge in [-0.2, -0.15) is 0 Å². The van der Waals surface area contributed by atoms with E-state index in [9.17, 15) is 9.90 Å². The van der Waals surface area contributed by atoms with Gasteiger partial charge in [0.05, 0.1) is 5.41 Å². The molecule has 4 heteroatoms. The van der Waals surface area contributed by atoms with Crippen molar-refractivity contribution in [3.05, 3.63) is 0 Å². The Balaban J connectivity index is 1.70. The molecule has 0 aromatic rings. The van der Waals surface area contributed by atoms with Gasteiger partial charge >= 0.3 is 5.97 Å². The standard InChI is InChI=1S/C14H24N2O2/c1-2-14(13(17)18)5-8-16(10-14)12-9-15-6-3-11(12)4-7-15/h11-12H,2-10H2,1H3,(H,17,18). The predicted octanol–water partition coefficient (Wildman–Crippen LogP) is 1.27. The van der Waals surface area contributed by atoms with Crippen molar-refractivity contribution in [3.8, 4) is 0 Å². The molecular weight excluding hydrogens is 228 g/mol. The van der Waals surface area contributed by atoms with E-state index in [1.807, 2.05) is 6.92 Å². The average molecular weight is 252 g/mol. The summed E-state index contributed by atoms with van der Waals surface area (Å²) in [7, 11) is 0. The highest BCUT2D eigenvalue weighted by Gasteiger charge is 2.47. The van der Waals surface area contributed by atoms with Crippen molar-refractivity contribution in [3.63, 3.8) is 0 Å². The van der Waals surface area contributed by atoms with Crippen molar-refractivity contribution >= 4 is 5.97 Å². The number of hydrogen-bond donors (Lipinski definition) is 1. The van der Waals surface area contributed by atoms with Crippen molar-refractivity contribution in [1.29, 1.82) is 0 Å². The van der Waals surface area contributed by atoms with Gasteiger partial charge in [0.15, 0.2) is 0 Å². The van der Waals surface area contributed by atoms with E-state index in [0.29, 0.717) is 6.04 Å². The van der Waals surface area contributed by atoms with Gasteiger partial charge in [-0.25, -0.2) is 0 Å². The quantitative estimate of drug-likeness (QED) is 0.821. The summed E-state index contributed by atoms with van der Waals surface area (Å²) in [4.78, 5) is 16.5. The normalized spacial score (nSPS) is 44.4. The molecule has 2 atom stereocenters. The van der Waals surface area contributed by atoms with E-state index in [1.165, 1.54) is 32.5 Å². The van der Waals surface area contributed by atoms with Crippen LogP contribution in [0.1, 0.15) is 32.6 Å². The van der Waals surface area contributed by atoms with Crippen LogP contribution >= 0.6 is 0 Å². The minimum absolute atomic E-state index is 0.466. The summed E-state index contributed by atoms with van der Waals surface area (Å²) in [6.07, 6.45) is 4.22. The summed E-state index contributed by atoms with van der Waals surface area (Å²) >= 11 is 0. The third kappa shape index (κ3) is 1.86. The highest BCUT2D eigenvalue weighted by Crippen LogP contribution is 2.39. The average Bonchev–Trinajstić information content (AvgIpc) is 2.86. The molecule has 4 fully saturated rings. The Morgan fingerprint density at radius 1 is 1.33 bits per heavy atom. The topological polar surface area (TPSA) is 43.8 Å². The van der Waals surface area contributed by atoms with E-state index in [-0.39, 0.29) is 0 Å². The maximum absolute atomic E-state index is 11.5. The zero-order valence-corrected chi connectivity index (χ0v) is 11.3. The molecule has 18 heavy (non-hydrogen) atoms. The summed E-state index contributed by atoms with van der Waals surface area (Å²) < 4.78 is 0. The molecule has 0 aromatic carbocycles. The first-order chi connectivity index (χ1) is 8.64. The molecular formula is C14H24N2O2. The van der Waals surface area contributed by atoms with Crippen molar-refractivity contribution in [2.24, 2.45) is 11.3 Å². The van der Waals surface area contributed by atoms with E-state index in [1.54, 1.807) is 0 Å². The highest BCUT2D eigenvalue weighted by molar-refractivity contribution is 5.75. The van der Waals surface area contributed by atoms with Gasteiger partial charge in [0, 0.05) is 19.1 Å². The van der Waals surface area contributed by atoms with E-state index in [0.717, 1.165) is 31.8 Å². The van der Waals surface area contributed by atoms with Crippen LogP contribution in [0.3, 0.4) is 0 Å². The molecule has 4 aliphatic rings. The lowest BCUT2D eigenvalue weighted by molar-refractivity contribution is -0.148. The van der Waals surface area contributed by atoms with Crippen LogP contribution in [0.15, 0.2) is 0 Å². The fraction of sp³-hybridized carbons (Fsp3) is 0.929. The molecule has 0 aromatic heterocycles. The summed E-state index contributed by atoms with van der Waals surface area (Å²) in [6.45, 7) is 7.46. The van der Waals surface area contributed by atoms with Crippen molar-refractivity contribution in [2.75, 3.05) is 32.7 Å². The Morgan fingerprint density at radius 2 is 2.06 bits per heavy atom. The second kappa shape index (κ2) is 4.49. The molecule has 4 nitrogen and oxygen atoms in total. The minimum Gasteiger partial charge on any atom is -0.481 e. The van der Waals surface area contributed by atoms with Gasteiger partial charge < -0.3 is 10.0 Å². The number of aliphatic carboxylic acids is 1. The lowest BCUT2D eigenvalue weighted by atomic mass is 9.82. The van der Waals surface area contributed by atoms with Gasteiger partial charge in [0.1, 0.15) is 0 Å². The van der Waals surface area contributed by atoms with Gasteiger partial charge in [0.2, 0.25) is 0 Å². The van der Waals surface area contributed by atoms with Gasteiger partial charge in [0.25, 0.3) is 0 Å². The molecule has 4 saturated heterocycles. The van der Waals surface area contributed by atoms with Crippen LogP contribution in [0.25, 0.3) is 0 Å². The van der Waals surface area contributed by atoms with Gasteiger partial charge in [-0.15, -0.1) is 0 Å².